The van der Waals surface area contributed by atoms with Gasteiger partial charge in [0.1, 0.15) is 0 Å². The molecule has 0 saturated carbocycles. The van der Waals surface area contributed by atoms with Gasteiger partial charge in [-0.25, -0.2) is 4.79 Å². The Morgan fingerprint density at radius 1 is 1.35 bits per heavy atom. The van der Waals surface area contributed by atoms with Gasteiger partial charge in [0.15, 0.2) is 0 Å². The van der Waals surface area contributed by atoms with Crippen LogP contribution in [-0.4, -0.2) is 20.6 Å². The Morgan fingerprint density at radius 3 is 2.55 bits per heavy atom. The molecule has 1 aromatic carbocycles. The Morgan fingerprint density at radius 2 is 2.00 bits per heavy atom. The zero-order valence-electron chi connectivity index (χ0n) is 11.6. The van der Waals surface area contributed by atoms with Crippen LogP contribution >= 0.6 is 0 Å². The van der Waals surface area contributed by atoms with Crippen LogP contribution in [0.2, 0.25) is 0 Å². The number of para-hydroxylation sites is 1. The first-order chi connectivity index (χ1) is 9.29. The molecule has 0 amide bonds. The zero-order chi connectivity index (χ0) is 15.1. The van der Waals surface area contributed by atoms with E-state index in [1.54, 1.807) is 19.9 Å². The maximum atomic E-state index is 12.2. The van der Waals surface area contributed by atoms with Crippen molar-refractivity contribution < 1.29 is 9.90 Å². The quantitative estimate of drug-likeness (QED) is 0.831. The van der Waals surface area contributed by atoms with E-state index in [-0.39, 0.29) is 11.1 Å². The standard InChI is InChI=1S/C14H16N2O4/c1-4-14(2,3)16-10-8(13(19)20)6-5-7-9(10)15-11(17)12(16)18/h5-7H,4H2,1-3H3,(H,15,17)(H,19,20). The number of fused-ring (bicyclic) bond motifs is 1. The van der Waals surface area contributed by atoms with Crippen LogP contribution < -0.4 is 11.1 Å². The molecule has 0 radical (unpaired) electrons. The molecule has 6 nitrogen and oxygen atoms in total. The van der Waals surface area contributed by atoms with Gasteiger partial charge >= 0.3 is 17.1 Å². The van der Waals surface area contributed by atoms with Gasteiger partial charge in [0, 0.05) is 5.54 Å². The van der Waals surface area contributed by atoms with Crippen LogP contribution in [0.25, 0.3) is 11.0 Å². The van der Waals surface area contributed by atoms with Crippen LogP contribution in [0.15, 0.2) is 27.8 Å². The van der Waals surface area contributed by atoms with E-state index in [0.717, 1.165) is 0 Å². The van der Waals surface area contributed by atoms with E-state index in [4.69, 9.17) is 0 Å². The summed E-state index contributed by atoms with van der Waals surface area (Å²) in [5.41, 5.74) is -1.56. The van der Waals surface area contributed by atoms with Crippen LogP contribution in [0.5, 0.6) is 0 Å². The molecule has 0 atom stereocenters. The number of carbonyl (C=O) groups is 1. The Labute approximate surface area is 114 Å². The summed E-state index contributed by atoms with van der Waals surface area (Å²) in [4.78, 5) is 37.8. The fourth-order valence-corrected chi connectivity index (χ4v) is 2.17. The highest BCUT2D eigenvalue weighted by Gasteiger charge is 2.25. The minimum atomic E-state index is -1.14. The van der Waals surface area contributed by atoms with E-state index >= 15 is 0 Å². The molecule has 106 valence electrons. The molecule has 6 heteroatoms. The molecule has 0 spiro atoms. The van der Waals surface area contributed by atoms with Gasteiger partial charge in [-0.2, -0.15) is 0 Å². The predicted molar refractivity (Wildman–Crippen MR) is 75.4 cm³/mol. The lowest BCUT2D eigenvalue weighted by molar-refractivity contribution is 0.0698. The van der Waals surface area contributed by atoms with E-state index in [1.807, 2.05) is 6.92 Å². The van der Waals surface area contributed by atoms with Gasteiger partial charge in [-0.15, -0.1) is 0 Å². The summed E-state index contributed by atoms with van der Waals surface area (Å²) in [6.45, 7) is 5.47. The first-order valence-corrected chi connectivity index (χ1v) is 6.31. The van der Waals surface area contributed by atoms with Gasteiger partial charge in [0.2, 0.25) is 0 Å². The minimum Gasteiger partial charge on any atom is -0.478 e. The number of carboxylic acids is 1. The van der Waals surface area contributed by atoms with Crippen molar-refractivity contribution in [1.29, 1.82) is 0 Å². The van der Waals surface area contributed by atoms with Crippen molar-refractivity contribution in [3.63, 3.8) is 0 Å². The summed E-state index contributed by atoms with van der Waals surface area (Å²) in [5, 5.41) is 9.30. The lowest BCUT2D eigenvalue weighted by Gasteiger charge is -2.28. The lowest BCUT2D eigenvalue weighted by Crippen LogP contribution is -2.44. The number of aromatic amines is 1. The fourth-order valence-electron chi connectivity index (χ4n) is 2.17. The fraction of sp³-hybridized carbons (Fsp3) is 0.357. The highest BCUT2D eigenvalue weighted by atomic mass is 16.4. The van der Waals surface area contributed by atoms with E-state index < -0.39 is 22.6 Å². The molecule has 2 rings (SSSR count). The molecule has 0 aliphatic rings. The summed E-state index contributed by atoms with van der Waals surface area (Å²) < 4.78 is 1.28. The van der Waals surface area contributed by atoms with Gasteiger partial charge < -0.3 is 10.1 Å². The van der Waals surface area contributed by atoms with Gasteiger partial charge in [0.05, 0.1) is 16.6 Å². The number of benzene rings is 1. The molecule has 1 aromatic heterocycles. The zero-order valence-corrected chi connectivity index (χ0v) is 11.6. The average Bonchev–Trinajstić information content (AvgIpc) is 2.39. The predicted octanol–water partition coefficient (Wildman–Crippen LogP) is 1.53. The molecule has 0 aliphatic heterocycles. The van der Waals surface area contributed by atoms with Crippen LogP contribution in [0.3, 0.4) is 0 Å². The maximum absolute atomic E-state index is 12.2. The minimum absolute atomic E-state index is 0.00243. The molecule has 2 N–H and O–H groups in total. The van der Waals surface area contributed by atoms with Crippen molar-refractivity contribution in [3.8, 4) is 0 Å². The molecular weight excluding hydrogens is 260 g/mol. The number of aromatic nitrogens is 2. The number of rotatable bonds is 3. The lowest BCUT2D eigenvalue weighted by atomic mass is 10.00. The summed E-state index contributed by atoms with van der Waals surface area (Å²) in [6, 6.07) is 4.55. The normalized spacial score (nSPS) is 11.8. The monoisotopic (exact) mass is 276 g/mol. The number of nitrogens with one attached hydrogen (secondary N) is 1. The van der Waals surface area contributed by atoms with Crippen molar-refractivity contribution in [2.24, 2.45) is 0 Å². The number of aromatic carboxylic acids is 1. The molecule has 0 bridgehead atoms. The van der Waals surface area contributed by atoms with Gasteiger partial charge in [-0.3, -0.25) is 14.2 Å². The second-order valence-corrected chi connectivity index (χ2v) is 5.27. The molecule has 0 aliphatic carbocycles. The van der Waals surface area contributed by atoms with Crippen LogP contribution in [0.1, 0.15) is 37.6 Å². The van der Waals surface area contributed by atoms with Crippen molar-refractivity contribution >= 4 is 17.0 Å². The average molecular weight is 276 g/mol. The summed E-state index contributed by atoms with van der Waals surface area (Å²) in [7, 11) is 0. The van der Waals surface area contributed by atoms with Crippen molar-refractivity contribution in [2.75, 3.05) is 0 Å². The number of hydrogen-bond donors (Lipinski definition) is 2. The maximum Gasteiger partial charge on any atom is 0.337 e. The Kier molecular flexibility index (Phi) is 3.25. The largest absolute Gasteiger partial charge is 0.478 e. The first kappa shape index (κ1) is 14.0. The van der Waals surface area contributed by atoms with E-state index in [9.17, 15) is 19.5 Å². The topological polar surface area (TPSA) is 92.2 Å². The van der Waals surface area contributed by atoms with Gasteiger partial charge in [-0.1, -0.05) is 13.0 Å². The van der Waals surface area contributed by atoms with Crippen molar-refractivity contribution in [1.82, 2.24) is 9.55 Å². The van der Waals surface area contributed by atoms with Crippen LogP contribution in [0.4, 0.5) is 0 Å². The second kappa shape index (κ2) is 4.63. The third-order valence-electron chi connectivity index (χ3n) is 3.61. The number of nitrogens with zero attached hydrogens (tertiary/aromatic N) is 1. The molecule has 2 aromatic rings. The number of H-pyrrole nitrogens is 1. The molecule has 0 saturated heterocycles. The Bertz CT molecular complexity index is 799. The third-order valence-corrected chi connectivity index (χ3v) is 3.61. The van der Waals surface area contributed by atoms with Crippen molar-refractivity contribution in [2.45, 2.75) is 32.7 Å². The SMILES string of the molecule is CCC(C)(C)n1c(=O)c(=O)[nH]c2cccc(C(=O)O)c21. The number of hydrogen-bond acceptors (Lipinski definition) is 3. The smallest absolute Gasteiger partial charge is 0.337 e. The highest BCUT2D eigenvalue weighted by Crippen LogP contribution is 2.24. The molecule has 1 heterocycles. The molecule has 20 heavy (non-hydrogen) atoms. The van der Waals surface area contributed by atoms with Crippen LogP contribution in [-0.2, 0) is 5.54 Å². The van der Waals surface area contributed by atoms with Crippen molar-refractivity contribution in [3.05, 3.63) is 44.5 Å². The van der Waals surface area contributed by atoms with E-state index in [0.29, 0.717) is 11.9 Å². The van der Waals surface area contributed by atoms with Crippen LogP contribution in [0, 0.1) is 0 Å². The van der Waals surface area contributed by atoms with Gasteiger partial charge in [0.25, 0.3) is 0 Å². The summed E-state index contributed by atoms with van der Waals surface area (Å²) >= 11 is 0. The Balaban J connectivity index is 3.11. The molecule has 0 fully saturated rings. The highest BCUT2D eigenvalue weighted by molar-refractivity contribution is 6.00. The third kappa shape index (κ3) is 2.03. The van der Waals surface area contributed by atoms with Gasteiger partial charge in [-0.05, 0) is 32.4 Å². The number of carboxylic acid groups (broad SMARTS) is 1. The molecule has 0 unspecified atom stereocenters. The Hall–Kier alpha value is -2.37. The summed E-state index contributed by atoms with van der Waals surface area (Å²) in [6.07, 6.45) is 0.583. The van der Waals surface area contributed by atoms with E-state index in [1.165, 1.54) is 16.7 Å². The molecular formula is C14H16N2O4. The second-order valence-electron chi connectivity index (χ2n) is 5.27. The van der Waals surface area contributed by atoms with E-state index in [2.05, 4.69) is 4.98 Å². The first-order valence-electron chi connectivity index (χ1n) is 6.31. The summed E-state index contributed by atoms with van der Waals surface area (Å²) in [5.74, 6) is -1.14.